The molecule has 0 radical (unpaired) electrons. The third kappa shape index (κ3) is 2.36. The second-order valence-electron chi connectivity index (χ2n) is 4.55. The maximum Gasteiger partial charge on any atom is 0.230 e. The number of aromatic nitrogens is 1. The van der Waals surface area contributed by atoms with Gasteiger partial charge in [-0.25, -0.2) is 0 Å². The van der Waals surface area contributed by atoms with E-state index in [4.69, 9.17) is 19.7 Å². The van der Waals surface area contributed by atoms with Crippen molar-refractivity contribution in [2.24, 2.45) is 0 Å². The molecule has 2 aromatic rings. The number of nitrogens with zero attached hydrogens (tertiary/aromatic N) is 1. The van der Waals surface area contributed by atoms with Gasteiger partial charge in [-0.2, -0.15) is 0 Å². The predicted molar refractivity (Wildman–Crippen MR) is 73.5 cm³/mol. The van der Waals surface area contributed by atoms with Crippen molar-refractivity contribution in [3.05, 3.63) is 23.9 Å². The maximum atomic E-state index is 5.76. The summed E-state index contributed by atoms with van der Waals surface area (Å²) in [6.45, 7) is 4.20. The van der Waals surface area contributed by atoms with Crippen molar-refractivity contribution in [1.29, 1.82) is 0 Å². The standard InChI is InChI=1S/C14H18N2O3/c1-8(2)9-5-13(18-4)10(6-12(9)17-3)11-7-16-19-14(11)15/h5-8H,15H2,1-4H3. The van der Waals surface area contributed by atoms with Gasteiger partial charge in [-0.15, -0.1) is 0 Å². The lowest BCUT2D eigenvalue weighted by Crippen LogP contribution is -1.98. The van der Waals surface area contributed by atoms with E-state index in [1.165, 1.54) is 0 Å². The zero-order chi connectivity index (χ0) is 14.0. The highest BCUT2D eigenvalue weighted by Gasteiger charge is 2.18. The molecule has 0 unspecified atom stereocenters. The summed E-state index contributed by atoms with van der Waals surface area (Å²) in [4.78, 5) is 0. The summed E-state index contributed by atoms with van der Waals surface area (Å²) in [6.07, 6.45) is 1.57. The van der Waals surface area contributed by atoms with Crippen LogP contribution in [-0.2, 0) is 0 Å². The predicted octanol–water partition coefficient (Wildman–Crippen LogP) is 3.06. The summed E-state index contributed by atoms with van der Waals surface area (Å²) in [6, 6.07) is 3.86. The number of hydrogen-bond acceptors (Lipinski definition) is 5. The Morgan fingerprint density at radius 2 is 1.79 bits per heavy atom. The first-order valence-electron chi connectivity index (χ1n) is 6.05. The van der Waals surface area contributed by atoms with E-state index < -0.39 is 0 Å². The van der Waals surface area contributed by atoms with Gasteiger partial charge in [0, 0.05) is 11.1 Å². The number of nitrogens with two attached hydrogens (primary N) is 1. The van der Waals surface area contributed by atoms with Crippen molar-refractivity contribution >= 4 is 5.88 Å². The molecule has 0 fully saturated rings. The van der Waals surface area contributed by atoms with Crippen LogP contribution < -0.4 is 15.2 Å². The molecule has 5 nitrogen and oxygen atoms in total. The van der Waals surface area contributed by atoms with Gasteiger partial charge in [0.2, 0.25) is 5.88 Å². The van der Waals surface area contributed by atoms with Gasteiger partial charge in [-0.05, 0) is 18.1 Å². The van der Waals surface area contributed by atoms with Gasteiger partial charge in [0.15, 0.2) is 0 Å². The number of rotatable bonds is 4. The molecular weight excluding hydrogens is 244 g/mol. The Morgan fingerprint density at radius 3 is 2.26 bits per heavy atom. The van der Waals surface area contributed by atoms with Crippen molar-refractivity contribution in [2.45, 2.75) is 19.8 Å². The molecule has 5 heteroatoms. The van der Waals surface area contributed by atoms with E-state index in [-0.39, 0.29) is 5.88 Å². The quantitative estimate of drug-likeness (QED) is 0.916. The molecule has 0 aliphatic rings. The van der Waals surface area contributed by atoms with Crippen LogP contribution in [0, 0.1) is 0 Å². The van der Waals surface area contributed by atoms with E-state index in [0.717, 1.165) is 22.6 Å². The van der Waals surface area contributed by atoms with Crippen LogP contribution in [0.2, 0.25) is 0 Å². The van der Waals surface area contributed by atoms with Crippen LogP contribution in [0.1, 0.15) is 25.3 Å². The van der Waals surface area contributed by atoms with E-state index in [9.17, 15) is 0 Å². The molecule has 19 heavy (non-hydrogen) atoms. The first-order chi connectivity index (χ1) is 9.08. The fourth-order valence-electron chi connectivity index (χ4n) is 2.03. The average Bonchev–Trinajstić information content (AvgIpc) is 2.83. The number of anilines is 1. The topological polar surface area (TPSA) is 70.5 Å². The van der Waals surface area contributed by atoms with E-state index in [2.05, 4.69) is 19.0 Å². The molecule has 0 atom stereocenters. The van der Waals surface area contributed by atoms with Crippen molar-refractivity contribution in [2.75, 3.05) is 20.0 Å². The highest BCUT2D eigenvalue weighted by molar-refractivity contribution is 5.79. The van der Waals surface area contributed by atoms with E-state index in [0.29, 0.717) is 11.5 Å². The largest absolute Gasteiger partial charge is 0.496 e. The van der Waals surface area contributed by atoms with E-state index >= 15 is 0 Å². The van der Waals surface area contributed by atoms with Crippen LogP contribution in [-0.4, -0.2) is 19.4 Å². The third-order valence-corrected chi connectivity index (χ3v) is 3.06. The van der Waals surface area contributed by atoms with Crippen LogP contribution in [0.4, 0.5) is 5.88 Å². The Hall–Kier alpha value is -2.17. The maximum absolute atomic E-state index is 5.76. The summed E-state index contributed by atoms with van der Waals surface area (Å²) in [5.41, 5.74) is 8.35. The molecule has 2 rings (SSSR count). The number of benzene rings is 1. The minimum atomic E-state index is 0.262. The van der Waals surface area contributed by atoms with E-state index in [1.54, 1.807) is 20.4 Å². The van der Waals surface area contributed by atoms with Gasteiger partial charge in [0.05, 0.1) is 26.0 Å². The van der Waals surface area contributed by atoms with Gasteiger partial charge < -0.3 is 19.7 Å². The molecule has 0 saturated heterocycles. The summed E-state index contributed by atoms with van der Waals surface area (Å²) in [5.74, 6) is 2.11. The smallest absolute Gasteiger partial charge is 0.230 e. The summed E-state index contributed by atoms with van der Waals surface area (Å²) >= 11 is 0. The third-order valence-electron chi connectivity index (χ3n) is 3.06. The number of nitrogen functional groups attached to an aromatic ring is 1. The van der Waals surface area contributed by atoms with Gasteiger partial charge in [0.1, 0.15) is 11.5 Å². The van der Waals surface area contributed by atoms with Crippen LogP contribution in [0.3, 0.4) is 0 Å². The second kappa shape index (κ2) is 5.22. The Bertz CT molecular complexity index is 576. The van der Waals surface area contributed by atoms with Crippen molar-refractivity contribution in [1.82, 2.24) is 5.16 Å². The van der Waals surface area contributed by atoms with Crippen LogP contribution >= 0.6 is 0 Å². The molecule has 0 aliphatic heterocycles. The molecule has 0 spiro atoms. The molecule has 1 aromatic heterocycles. The molecular formula is C14H18N2O3. The lowest BCUT2D eigenvalue weighted by molar-refractivity contribution is 0.398. The Kier molecular flexibility index (Phi) is 3.64. The lowest BCUT2D eigenvalue weighted by atomic mass is 9.97. The van der Waals surface area contributed by atoms with Crippen molar-refractivity contribution in [3.63, 3.8) is 0 Å². The minimum absolute atomic E-state index is 0.262. The van der Waals surface area contributed by atoms with Gasteiger partial charge in [-0.1, -0.05) is 19.0 Å². The van der Waals surface area contributed by atoms with Crippen LogP contribution in [0.25, 0.3) is 11.1 Å². The Morgan fingerprint density at radius 1 is 1.11 bits per heavy atom. The van der Waals surface area contributed by atoms with Crippen LogP contribution in [0.5, 0.6) is 11.5 Å². The molecule has 0 amide bonds. The Balaban J connectivity index is 2.64. The molecule has 1 aromatic carbocycles. The van der Waals surface area contributed by atoms with Crippen LogP contribution in [0.15, 0.2) is 22.9 Å². The number of hydrogen-bond donors (Lipinski definition) is 1. The summed E-state index contributed by atoms with van der Waals surface area (Å²) < 4.78 is 15.8. The van der Waals surface area contributed by atoms with Crippen molar-refractivity contribution < 1.29 is 14.0 Å². The molecule has 0 bridgehead atoms. The molecule has 0 saturated carbocycles. The normalized spacial score (nSPS) is 10.8. The molecule has 1 heterocycles. The monoisotopic (exact) mass is 262 g/mol. The molecule has 102 valence electrons. The zero-order valence-corrected chi connectivity index (χ0v) is 11.6. The van der Waals surface area contributed by atoms with E-state index in [1.807, 2.05) is 12.1 Å². The highest BCUT2D eigenvalue weighted by atomic mass is 16.5. The lowest BCUT2D eigenvalue weighted by Gasteiger charge is -2.16. The van der Waals surface area contributed by atoms with Crippen molar-refractivity contribution in [3.8, 4) is 22.6 Å². The Labute approximate surface area is 112 Å². The average molecular weight is 262 g/mol. The molecule has 2 N–H and O–H groups in total. The molecule has 0 aliphatic carbocycles. The fraction of sp³-hybridized carbons (Fsp3) is 0.357. The minimum Gasteiger partial charge on any atom is -0.496 e. The first kappa shape index (κ1) is 13.3. The number of ether oxygens (including phenoxy) is 2. The van der Waals surface area contributed by atoms with Gasteiger partial charge >= 0.3 is 0 Å². The second-order valence-corrected chi connectivity index (χ2v) is 4.55. The SMILES string of the molecule is COc1cc(C(C)C)c(OC)cc1-c1cnoc1N. The van der Waals surface area contributed by atoms with Gasteiger partial charge in [-0.3, -0.25) is 0 Å². The highest BCUT2D eigenvalue weighted by Crippen LogP contribution is 2.40. The summed E-state index contributed by atoms with van der Waals surface area (Å²) in [7, 11) is 3.27. The zero-order valence-electron chi connectivity index (χ0n) is 11.6. The van der Waals surface area contributed by atoms with Gasteiger partial charge in [0.25, 0.3) is 0 Å². The number of methoxy groups -OCH3 is 2. The fourth-order valence-corrected chi connectivity index (χ4v) is 2.03. The first-order valence-corrected chi connectivity index (χ1v) is 6.05. The summed E-state index contributed by atoms with van der Waals surface area (Å²) in [5, 5.41) is 3.69.